The number of rotatable bonds is 3. The van der Waals surface area contributed by atoms with Crippen LogP contribution in [-0.2, 0) is 6.54 Å². The highest BCUT2D eigenvalue weighted by atomic mass is 35.5. The van der Waals surface area contributed by atoms with Crippen molar-refractivity contribution in [2.24, 2.45) is 0 Å². The van der Waals surface area contributed by atoms with Gasteiger partial charge in [-0.1, -0.05) is 11.6 Å². The molecular formula is C10H9ClF3N3S. The number of aromatic amines is 1. The number of nitrogens with zero attached hydrogens (tertiary/aromatic N) is 2. The minimum Gasteiger partial charge on any atom is -0.329 e. The Morgan fingerprint density at radius 1 is 1.44 bits per heavy atom. The fourth-order valence-corrected chi connectivity index (χ4v) is 2.11. The molecule has 0 aliphatic carbocycles. The van der Waals surface area contributed by atoms with E-state index in [1.807, 2.05) is 0 Å². The van der Waals surface area contributed by atoms with Gasteiger partial charge in [-0.3, -0.25) is 0 Å². The van der Waals surface area contributed by atoms with Gasteiger partial charge < -0.3 is 9.55 Å². The van der Waals surface area contributed by atoms with Crippen molar-refractivity contribution in [3.05, 3.63) is 22.1 Å². The summed E-state index contributed by atoms with van der Waals surface area (Å²) in [6, 6.07) is 1.64. The van der Waals surface area contributed by atoms with Crippen molar-refractivity contribution in [1.29, 1.82) is 0 Å². The van der Waals surface area contributed by atoms with Crippen LogP contribution in [0.5, 0.6) is 0 Å². The standard InChI is InChI=1S/C10H9ClF3N3S/c11-6-4-7-8(15-5-6)17(9(18)16-7)3-1-2-10(12,13)14/h4-5H,1-3H2,(H,16,18). The number of nitrogens with one attached hydrogen (secondary N) is 1. The minimum absolute atomic E-state index is 0.0327. The Hall–Kier alpha value is -1.08. The molecule has 0 unspecified atom stereocenters. The summed E-state index contributed by atoms with van der Waals surface area (Å²) in [6.07, 6.45) is -3.58. The average Bonchev–Trinajstić information content (AvgIpc) is 2.52. The van der Waals surface area contributed by atoms with Gasteiger partial charge in [0.1, 0.15) is 0 Å². The Morgan fingerprint density at radius 3 is 2.83 bits per heavy atom. The van der Waals surface area contributed by atoms with Crippen LogP contribution in [0.3, 0.4) is 0 Å². The summed E-state index contributed by atoms with van der Waals surface area (Å²) in [7, 11) is 0. The molecule has 0 saturated heterocycles. The lowest BCUT2D eigenvalue weighted by Gasteiger charge is -2.06. The molecule has 2 aromatic rings. The quantitative estimate of drug-likeness (QED) is 0.865. The zero-order valence-electron chi connectivity index (χ0n) is 9.09. The normalized spacial score (nSPS) is 12.2. The first-order valence-electron chi connectivity index (χ1n) is 5.17. The van der Waals surface area contributed by atoms with Crippen molar-refractivity contribution in [2.45, 2.75) is 25.6 Å². The molecule has 0 radical (unpaired) electrons. The summed E-state index contributed by atoms with van der Waals surface area (Å²) in [5.41, 5.74) is 1.14. The highest BCUT2D eigenvalue weighted by Crippen LogP contribution is 2.23. The third-order valence-electron chi connectivity index (χ3n) is 2.42. The lowest BCUT2D eigenvalue weighted by molar-refractivity contribution is -0.135. The number of imidazole rings is 1. The Labute approximate surface area is 111 Å². The molecule has 0 atom stereocenters. The van der Waals surface area contributed by atoms with Gasteiger partial charge in [0.15, 0.2) is 10.4 Å². The summed E-state index contributed by atoms with van der Waals surface area (Å²) < 4.78 is 38.1. The molecule has 0 saturated carbocycles. The monoisotopic (exact) mass is 295 g/mol. The highest BCUT2D eigenvalue weighted by molar-refractivity contribution is 7.71. The fourth-order valence-electron chi connectivity index (χ4n) is 1.66. The Kier molecular flexibility index (Phi) is 3.63. The maximum atomic E-state index is 12.1. The van der Waals surface area contributed by atoms with E-state index in [1.165, 1.54) is 6.20 Å². The Morgan fingerprint density at radius 2 is 2.17 bits per heavy atom. The van der Waals surface area contributed by atoms with Crippen LogP contribution in [0.1, 0.15) is 12.8 Å². The van der Waals surface area contributed by atoms with Crippen molar-refractivity contribution in [3.63, 3.8) is 0 Å². The molecule has 2 heterocycles. The molecule has 0 amide bonds. The minimum atomic E-state index is -4.15. The number of H-pyrrole nitrogens is 1. The number of aryl methyl sites for hydroxylation is 1. The van der Waals surface area contributed by atoms with E-state index in [4.69, 9.17) is 23.8 Å². The van der Waals surface area contributed by atoms with Gasteiger partial charge in [-0.05, 0) is 24.7 Å². The molecule has 3 nitrogen and oxygen atoms in total. The molecule has 0 aromatic carbocycles. The third kappa shape index (κ3) is 3.02. The molecule has 2 rings (SSSR count). The van der Waals surface area contributed by atoms with Crippen LogP contribution in [0.25, 0.3) is 11.2 Å². The molecule has 18 heavy (non-hydrogen) atoms. The van der Waals surface area contributed by atoms with Crippen LogP contribution < -0.4 is 0 Å². The van der Waals surface area contributed by atoms with Crippen molar-refractivity contribution >= 4 is 35.0 Å². The van der Waals surface area contributed by atoms with E-state index in [2.05, 4.69) is 9.97 Å². The van der Waals surface area contributed by atoms with Crippen molar-refractivity contribution < 1.29 is 13.2 Å². The molecule has 0 spiro atoms. The van der Waals surface area contributed by atoms with Crippen LogP contribution in [0.15, 0.2) is 12.3 Å². The van der Waals surface area contributed by atoms with E-state index in [1.54, 1.807) is 10.6 Å². The predicted molar refractivity (Wildman–Crippen MR) is 65.2 cm³/mol. The van der Waals surface area contributed by atoms with E-state index in [0.717, 1.165) is 0 Å². The largest absolute Gasteiger partial charge is 0.389 e. The molecule has 8 heteroatoms. The lowest BCUT2D eigenvalue weighted by atomic mass is 10.3. The summed E-state index contributed by atoms with van der Waals surface area (Å²) in [6.45, 7) is 0.174. The molecule has 1 N–H and O–H groups in total. The summed E-state index contributed by atoms with van der Waals surface area (Å²) in [4.78, 5) is 6.93. The zero-order valence-corrected chi connectivity index (χ0v) is 10.7. The van der Waals surface area contributed by atoms with Crippen molar-refractivity contribution in [1.82, 2.24) is 14.5 Å². The van der Waals surface area contributed by atoms with Crippen molar-refractivity contribution in [2.75, 3.05) is 0 Å². The fraction of sp³-hybridized carbons (Fsp3) is 0.400. The number of pyridine rings is 1. The molecule has 2 aromatic heterocycles. The van der Waals surface area contributed by atoms with E-state index >= 15 is 0 Å². The van der Waals surface area contributed by atoms with Gasteiger partial charge in [0.05, 0.1) is 10.5 Å². The summed E-state index contributed by atoms with van der Waals surface area (Å²) in [5.74, 6) is 0. The Bertz CT molecular complexity index is 617. The average molecular weight is 296 g/mol. The van der Waals surface area contributed by atoms with Gasteiger partial charge in [-0.2, -0.15) is 13.2 Å². The molecule has 0 fully saturated rings. The predicted octanol–water partition coefficient (Wildman–Crippen LogP) is 4.09. The first-order chi connectivity index (χ1) is 8.37. The van der Waals surface area contributed by atoms with Gasteiger partial charge in [-0.15, -0.1) is 0 Å². The number of aromatic nitrogens is 3. The zero-order chi connectivity index (χ0) is 13.3. The van der Waals surface area contributed by atoms with Crippen LogP contribution >= 0.6 is 23.8 Å². The summed E-state index contributed by atoms with van der Waals surface area (Å²) >= 11 is 10.8. The van der Waals surface area contributed by atoms with Gasteiger partial charge in [0.25, 0.3) is 0 Å². The molecule has 0 bridgehead atoms. The maximum Gasteiger partial charge on any atom is 0.389 e. The Balaban J connectivity index is 2.23. The van der Waals surface area contributed by atoms with Gasteiger partial charge in [-0.25, -0.2) is 4.98 Å². The molecule has 0 aliphatic heterocycles. The molecule has 98 valence electrons. The van der Waals surface area contributed by atoms with E-state index < -0.39 is 12.6 Å². The van der Waals surface area contributed by atoms with Gasteiger partial charge in [0, 0.05) is 19.2 Å². The maximum absolute atomic E-state index is 12.1. The summed E-state index contributed by atoms with van der Waals surface area (Å²) in [5, 5.41) is 0.446. The number of halogens is 4. The topological polar surface area (TPSA) is 33.6 Å². The number of hydrogen-bond donors (Lipinski definition) is 1. The lowest BCUT2D eigenvalue weighted by Crippen LogP contribution is -2.09. The third-order valence-corrected chi connectivity index (χ3v) is 2.95. The van der Waals surface area contributed by atoms with Crippen molar-refractivity contribution in [3.8, 4) is 0 Å². The van der Waals surface area contributed by atoms with E-state index in [0.29, 0.717) is 21.0 Å². The van der Waals surface area contributed by atoms with Gasteiger partial charge in [0.2, 0.25) is 0 Å². The first-order valence-corrected chi connectivity index (χ1v) is 5.96. The highest BCUT2D eigenvalue weighted by Gasteiger charge is 2.26. The van der Waals surface area contributed by atoms with E-state index in [9.17, 15) is 13.2 Å². The smallest absolute Gasteiger partial charge is 0.329 e. The van der Waals surface area contributed by atoms with Gasteiger partial charge >= 0.3 is 6.18 Å². The SMILES string of the molecule is FC(F)(F)CCCn1c(=S)[nH]c2cc(Cl)cnc21. The number of hydrogen-bond acceptors (Lipinski definition) is 2. The van der Waals surface area contributed by atoms with Crippen LogP contribution in [-0.4, -0.2) is 20.7 Å². The second-order valence-electron chi connectivity index (χ2n) is 3.83. The first kappa shape index (κ1) is 13.4. The van der Waals surface area contributed by atoms with E-state index in [-0.39, 0.29) is 13.0 Å². The van der Waals surface area contributed by atoms with Crippen LogP contribution in [0.4, 0.5) is 13.2 Å². The second kappa shape index (κ2) is 4.89. The molecule has 0 aliphatic rings. The van der Waals surface area contributed by atoms with Crippen LogP contribution in [0, 0.1) is 4.77 Å². The number of alkyl halides is 3. The second-order valence-corrected chi connectivity index (χ2v) is 4.65. The number of fused-ring (bicyclic) bond motifs is 1. The van der Waals surface area contributed by atoms with Crippen LogP contribution in [0.2, 0.25) is 5.02 Å². The molecular weight excluding hydrogens is 287 g/mol.